The van der Waals surface area contributed by atoms with E-state index in [4.69, 9.17) is 5.11 Å². The molecule has 0 saturated heterocycles. The smallest absolute Gasteiger partial charge is 0.307 e. The van der Waals surface area contributed by atoms with Crippen molar-refractivity contribution in [3.8, 4) is 11.4 Å². The molecule has 0 aliphatic heterocycles. The number of pyridine rings is 1. The third-order valence-corrected chi connectivity index (χ3v) is 3.31. The highest BCUT2D eigenvalue weighted by atomic mass is 32.1. The standard InChI is InChI=1S/C12H11FN2O3S/c13-8-3-4-9(14-6-8)10-7-19-12(18)15(10)5-1-2-11(16)17/h3-4,6-7H,1-2,5H2,(H,16,17). The molecule has 2 rings (SSSR count). The van der Waals surface area contributed by atoms with Gasteiger partial charge in [-0.3, -0.25) is 19.1 Å². The zero-order valence-corrected chi connectivity index (χ0v) is 10.7. The first kappa shape index (κ1) is 13.4. The molecule has 19 heavy (non-hydrogen) atoms. The number of carboxylic acids is 1. The lowest BCUT2D eigenvalue weighted by molar-refractivity contribution is -0.137. The SMILES string of the molecule is O=C(O)CCCn1c(-c2ccc(F)cn2)csc1=O. The molecule has 7 heteroatoms. The first-order valence-corrected chi connectivity index (χ1v) is 6.48. The number of carboxylic acid groups (broad SMARTS) is 1. The van der Waals surface area contributed by atoms with Crippen LogP contribution in [0, 0.1) is 5.82 Å². The number of aliphatic carboxylic acids is 1. The molecule has 2 aromatic rings. The van der Waals surface area contributed by atoms with E-state index >= 15 is 0 Å². The molecular weight excluding hydrogens is 271 g/mol. The molecule has 2 aromatic heterocycles. The summed E-state index contributed by atoms with van der Waals surface area (Å²) in [6.45, 7) is 0.309. The van der Waals surface area contributed by atoms with E-state index in [-0.39, 0.29) is 11.3 Å². The van der Waals surface area contributed by atoms with Crippen LogP contribution in [0.25, 0.3) is 11.4 Å². The average molecular weight is 282 g/mol. The summed E-state index contributed by atoms with van der Waals surface area (Å²) in [5.74, 6) is -1.34. The Bertz CT molecular complexity index is 633. The van der Waals surface area contributed by atoms with Gasteiger partial charge in [-0.05, 0) is 18.6 Å². The summed E-state index contributed by atoms with van der Waals surface area (Å²) in [7, 11) is 0. The highest BCUT2D eigenvalue weighted by molar-refractivity contribution is 7.07. The van der Waals surface area contributed by atoms with Gasteiger partial charge >= 0.3 is 10.8 Å². The Morgan fingerprint density at radius 1 is 1.47 bits per heavy atom. The van der Waals surface area contributed by atoms with Gasteiger partial charge in [0.2, 0.25) is 0 Å². The second-order valence-corrected chi connectivity index (χ2v) is 4.72. The number of hydrogen-bond acceptors (Lipinski definition) is 4. The van der Waals surface area contributed by atoms with Gasteiger partial charge in [0.1, 0.15) is 5.82 Å². The van der Waals surface area contributed by atoms with Crippen LogP contribution in [0.15, 0.2) is 28.5 Å². The van der Waals surface area contributed by atoms with Gasteiger partial charge in [0.15, 0.2) is 0 Å². The minimum Gasteiger partial charge on any atom is -0.481 e. The van der Waals surface area contributed by atoms with E-state index in [2.05, 4.69) is 4.98 Å². The minimum absolute atomic E-state index is 0.00142. The first-order valence-electron chi connectivity index (χ1n) is 5.60. The Kier molecular flexibility index (Phi) is 4.06. The number of thiazole rings is 1. The molecule has 0 aromatic carbocycles. The number of hydrogen-bond donors (Lipinski definition) is 1. The number of halogens is 1. The van der Waals surface area contributed by atoms with Gasteiger partial charge in [-0.2, -0.15) is 0 Å². The molecule has 5 nitrogen and oxygen atoms in total. The maximum atomic E-state index is 12.8. The second-order valence-electron chi connectivity index (χ2n) is 3.90. The maximum absolute atomic E-state index is 12.8. The number of aromatic nitrogens is 2. The lowest BCUT2D eigenvalue weighted by atomic mass is 10.2. The van der Waals surface area contributed by atoms with Crippen molar-refractivity contribution in [3.05, 3.63) is 39.2 Å². The lowest BCUT2D eigenvalue weighted by Gasteiger charge is -2.06. The zero-order valence-electron chi connectivity index (χ0n) is 9.88. The minimum atomic E-state index is -0.898. The van der Waals surface area contributed by atoms with Gasteiger partial charge in [-0.15, -0.1) is 0 Å². The van der Waals surface area contributed by atoms with Crippen molar-refractivity contribution in [2.75, 3.05) is 0 Å². The highest BCUT2D eigenvalue weighted by Gasteiger charge is 2.10. The van der Waals surface area contributed by atoms with E-state index in [1.54, 1.807) is 5.38 Å². The molecule has 100 valence electrons. The molecule has 0 unspecified atom stereocenters. The van der Waals surface area contributed by atoms with Crippen LogP contribution in [-0.4, -0.2) is 20.6 Å². The van der Waals surface area contributed by atoms with Crippen molar-refractivity contribution in [3.63, 3.8) is 0 Å². The third-order valence-electron chi connectivity index (χ3n) is 2.54. The monoisotopic (exact) mass is 282 g/mol. The number of carbonyl (C=O) groups is 1. The largest absolute Gasteiger partial charge is 0.481 e. The van der Waals surface area contributed by atoms with Crippen molar-refractivity contribution in [2.45, 2.75) is 19.4 Å². The molecule has 0 aliphatic rings. The summed E-state index contributed by atoms with van der Waals surface area (Å²) in [6.07, 6.45) is 1.44. The Morgan fingerprint density at radius 3 is 2.89 bits per heavy atom. The Labute approximate surface area is 112 Å². The third kappa shape index (κ3) is 3.25. The van der Waals surface area contributed by atoms with Crippen LogP contribution >= 0.6 is 11.3 Å². The summed E-state index contributed by atoms with van der Waals surface area (Å²) < 4.78 is 14.3. The summed E-state index contributed by atoms with van der Waals surface area (Å²) in [6, 6.07) is 2.76. The summed E-state index contributed by atoms with van der Waals surface area (Å²) >= 11 is 1.02. The number of nitrogens with zero attached hydrogens (tertiary/aromatic N) is 2. The van der Waals surface area contributed by atoms with Crippen LogP contribution < -0.4 is 4.87 Å². The Balaban J connectivity index is 2.24. The van der Waals surface area contributed by atoms with E-state index < -0.39 is 11.8 Å². The van der Waals surface area contributed by atoms with Gasteiger partial charge < -0.3 is 5.11 Å². The second kappa shape index (κ2) is 5.75. The summed E-state index contributed by atoms with van der Waals surface area (Å²) in [5.41, 5.74) is 1.08. The lowest BCUT2D eigenvalue weighted by Crippen LogP contribution is -2.15. The van der Waals surface area contributed by atoms with E-state index in [9.17, 15) is 14.0 Å². The van der Waals surface area contributed by atoms with E-state index in [1.165, 1.54) is 16.7 Å². The van der Waals surface area contributed by atoms with Crippen molar-refractivity contribution < 1.29 is 14.3 Å². The van der Waals surface area contributed by atoms with Crippen LogP contribution in [-0.2, 0) is 11.3 Å². The average Bonchev–Trinajstić information content (AvgIpc) is 2.72. The first-order chi connectivity index (χ1) is 9.08. The molecule has 0 fully saturated rings. The molecule has 0 bridgehead atoms. The van der Waals surface area contributed by atoms with Crippen LogP contribution in [0.5, 0.6) is 0 Å². The van der Waals surface area contributed by atoms with E-state index in [0.29, 0.717) is 24.4 Å². The quantitative estimate of drug-likeness (QED) is 0.910. The fourth-order valence-corrected chi connectivity index (χ4v) is 2.44. The Hall–Kier alpha value is -2.02. The molecule has 0 amide bonds. The van der Waals surface area contributed by atoms with Crippen molar-refractivity contribution in [1.82, 2.24) is 9.55 Å². The number of rotatable bonds is 5. The van der Waals surface area contributed by atoms with E-state index in [0.717, 1.165) is 17.5 Å². The van der Waals surface area contributed by atoms with Gasteiger partial charge in [-0.1, -0.05) is 11.3 Å². The van der Waals surface area contributed by atoms with Gasteiger partial charge in [-0.25, -0.2) is 4.39 Å². The van der Waals surface area contributed by atoms with Gasteiger partial charge in [0.25, 0.3) is 0 Å². The van der Waals surface area contributed by atoms with Crippen LogP contribution in [0.4, 0.5) is 4.39 Å². The van der Waals surface area contributed by atoms with Crippen LogP contribution in [0.3, 0.4) is 0 Å². The topological polar surface area (TPSA) is 72.2 Å². The molecule has 0 saturated carbocycles. The summed E-state index contributed by atoms with van der Waals surface area (Å²) in [5, 5.41) is 10.2. The molecule has 0 radical (unpaired) electrons. The predicted octanol–water partition coefficient (Wildman–Crippen LogP) is 1.98. The van der Waals surface area contributed by atoms with Gasteiger partial charge in [0, 0.05) is 18.3 Å². The van der Waals surface area contributed by atoms with E-state index in [1.807, 2.05) is 0 Å². The molecule has 1 N–H and O–H groups in total. The van der Waals surface area contributed by atoms with Crippen LogP contribution in [0.2, 0.25) is 0 Å². The van der Waals surface area contributed by atoms with Crippen LogP contribution in [0.1, 0.15) is 12.8 Å². The molecular formula is C12H11FN2O3S. The zero-order chi connectivity index (χ0) is 13.8. The fraction of sp³-hybridized carbons (Fsp3) is 0.250. The maximum Gasteiger partial charge on any atom is 0.307 e. The molecule has 0 spiro atoms. The van der Waals surface area contributed by atoms with Crippen molar-refractivity contribution in [2.24, 2.45) is 0 Å². The highest BCUT2D eigenvalue weighted by Crippen LogP contribution is 2.18. The fourth-order valence-electron chi connectivity index (χ4n) is 1.66. The van der Waals surface area contributed by atoms with Crippen molar-refractivity contribution >= 4 is 17.3 Å². The molecule has 0 aliphatic carbocycles. The molecule has 2 heterocycles. The summed E-state index contributed by atoms with van der Waals surface area (Å²) in [4.78, 5) is 25.9. The predicted molar refractivity (Wildman–Crippen MR) is 68.6 cm³/mol. The Morgan fingerprint density at radius 2 is 2.26 bits per heavy atom. The van der Waals surface area contributed by atoms with Gasteiger partial charge in [0.05, 0.1) is 17.6 Å². The van der Waals surface area contributed by atoms with Crippen molar-refractivity contribution in [1.29, 1.82) is 0 Å². The molecule has 0 atom stereocenters. The normalized spacial score (nSPS) is 10.6.